The first-order valence-corrected chi connectivity index (χ1v) is 7.51. The van der Waals surface area contributed by atoms with Gasteiger partial charge in [-0.2, -0.15) is 10.1 Å². The zero-order valence-corrected chi connectivity index (χ0v) is 13.6. The third-order valence-electron chi connectivity index (χ3n) is 3.38. The van der Waals surface area contributed by atoms with Crippen molar-refractivity contribution in [2.75, 3.05) is 0 Å². The average Bonchev–Trinajstić information content (AvgIpc) is 2.66. The Balaban J connectivity index is 1.73. The summed E-state index contributed by atoms with van der Waals surface area (Å²) in [6.07, 6.45) is 3.80. The van der Waals surface area contributed by atoms with Gasteiger partial charge in [0.25, 0.3) is 5.91 Å². The topological polar surface area (TPSA) is 161 Å². The Labute approximate surface area is 152 Å². The van der Waals surface area contributed by atoms with Crippen LogP contribution in [0.2, 0.25) is 0 Å². The van der Waals surface area contributed by atoms with Crippen LogP contribution in [0.3, 0.4) is 0 Å². The molecule has 0 fully saturated rings. The summed E-state index contributed by atoms with van der Waals surface area (Å²) in [6.45, 7) is 0. The average molecular weight is 367 g/mol. The van der Waals surface area contributed by atoms with E-state index < -0.39 is 29.0 Å². The number of pyridine rings is 1. The first kappa shape index (κ1) is 17.6. The lowest BCUT2D eigenvalue weighted by atomic mass is 10.2. The summed E-state index contributed by atoms with van der Waals surface area (Å²) in [5, 5.41) is 41.7. The molecule has 0 spiro atoms. The van der Waals surface area contributed by atoms with Gasteiger partial charge in [-0.15, -0.1) is 0 Å². The third-order valence-corrected chi connectivity index (χ3v) is 3.38. The van der Waals surface area contributed by atoms with E-state index in [1.165, 1.54) is 0 Å². The predicted octanol–water partition coefficient (Wildman–Crippen LogP) is 1.12. The number of rotatable bonds is 4. The molecular weight excluding hydrogens is 354 g/mol. The van der Waals surface area contributed by atoms with Crippen LogP contribution >= 0.6 is 0 Å². The van der Waals surface area contributed by atoms with Crippen LogP contribution in [0, 0.1) is 0 Å². The van der Waals surface area contributed by atoms with Gasteiger partial charge in [0, 0.05) is 18.0 Å². The Morgan fingerprint density at radius 1 is 1.07 bits per heavy atom. The van der Waals surface area contributed by atoms with E-state index in [0.29, 0.717) is 5.69 Å². The summed E-state index contributed by atoms with van der Waals surface area (Å²) in [5.74, 6) is -2.91. The van der Waals surface area contributed by atoms with E-state index in [1.54, 1.807) is 24.4 Å². The summed E-state index contributed by atoms with van der Waals surface area (Å²) in [4.78, 5) is 24.0. The largest absolute Gasteiger partial charge is 0.504 e. The summed E-state index contributed by atoms with van der Waals surface area (Å²) in [5.41, 5.74) is 2.60. The van der Waals surface area contributed by atoms with Crippen molar-refractivity contribution in [1.29, 1.82) is 0 Å². The normalized spacial score (nSPS) is 10.8. The Kier molecular flexibility index (Phi) is 4.79. The van der Waals surface area contributed by atoms with Gasteiger partial charge in [-0.3, -0.25) is 9.78 Å². The van der Waals surface area contributed by atoms with E-state index in [0.717, 1.165) is 24.5 Å². The SMILES string of the molecule is O=C(N/N=C/c1cc(O)c(O)c(O)c1)c1cnc(-c2ccccn2)nc1O. The van der Waals surface area contributed by atoms with Gasteiger partial charge in [0.15, 0.2) is 23.1 Å². The minimum Gasteiger partial charge on any atom is -0.504 e. The maximum atomic E-state index is 12.1. The lowest BCUT2D eigenvalue weighted by molar-refractivity contribution is 0.0951. The molecule has 2 aromatic heterocycles. The van der Waals surface area contributed by atoms with E-state index in [1.807, 2.05) is 0 Å². The number of amides is 1. The lowest BCUT2D eigenvalue weighted by Gasteiger charge is -2.04. The molecule has 3 aromatic rings. The van der Waals surface area contributed by atoms with Crippen molar-refractivity contribution in [1.82, 2.24) is 20.4 Å². The van der Waals surface area contributed by atoms with E-state index in [9.17, 15) is 25.2 Å². The molecule has 5 N–H and O–H groups in total. The zero-order chi connectivity index (χ0) is 19.4. The molecule has 0 aliphatic heterocycles. The molecule has 0 radical (unpaired) electrons. The molecule has 136 valence electrons. The molecular formula is C17H13N5O5. The molecule has 0 unspecified atom stereocenters. The van der Waals surface area contributed by atoms with Crippen LogP contribution in [0.15, 0.2) is 47.8 Å². The third kappa shape index (κ3) is 3.90. The second kappa shape index (κ2) is 7.35. The minimum atomic E-state index is -0.774. The quantitative estimate of drug-likeness (QED) is 0.260. The molecule has 0 aliphatic carbocycles. The number of phenolic OH excluding ortho intramolecular Hbond substituents is 3. The van der Waals surface area contributed by atoms with Crippen molar-refractivity contribution >= 4 is 12.1 Å². The van der Waals surface area contributed by atoms with Gasteiger partial charge in [0.05, 0.1) is 6.21 Å². The van der Waals surface area contributed by atoms with Crippen molar-refractivity contribution in [2.45, 2.75) is 0 Å². The molecule has 0 saturated carbocycles. The van der Waals surface area contributed by atoms with Crippen LogP contribution in [0.5, 0.6) is 23.1 Å². The zero-order valence-electron chi connectivity index (χ0n) is 13.6. The van der Waals surface area contributed by atoms with Gasteiger partial charge in [-0.05, 0) is 24.3 Å². The highest BCUT2D eigenvalue weighted by atomic mass is 16.3. The molecule has 1 amide bonds. The molecule has 0 aliphatic rings. The van der Waals surface area contributed by atoms with E-state index in [2.05, 4.69) is 25.5 Å². The number of hydrogen-bond donors (Lipinski definition) is 5. The van der Waals surface area contributed by atoms with Gasteiger partial charge in [0.2, 0.25) is 5.88 Å². The van der Waals surface area contributed by atoms with Gasteiger partial charge in [-0.1, -0.05) is 6.07 Å². The summed E-state index contributed by atoms with van der Waals surface area (Å²) >= 11 is 0. The standard InChI is InChI=1S/C17H13N5O5/c23-12-5-9(6-13(24)14(12)25)7-20-22-17(27)10-8-19-15(21-16(10)26)11-3-1-2-4-18-11/h1-8,23-25H,(H,22,27)(H,19,21,26)/b20-7+. The second-order valence-electron chi connectivity index (χ2n) is 5.25. The molecule has 10 heteroatoms. The van der Waals surface area contributed by atoms with Gasteiger partial charge in [0.1, 0.15) is 11.3 Å². The minimum absolute atomic E-state index is 0.156. The summed E-state index contributed by atoms with van der Waals surface area (Å²) in [6, 6.07) is 7.37. The van der Waals surface area contributed by atoms with Crippen LogP contribution in [0.25, 0.3) is 11.5 Å². The highest BCUT2D eigenvalue weighted by Gasteiger charge is 2.15. The summed E-state index contributed by atoms with van der Waals surface area (Å²) in [7, 11) is 0. The van der Waals surface area contributed by atoms with Gasteiger partial charge >= 0.3 is 0 Å². The first-order chi connectivity index (χ1) is 13.0. The number of carbonyl (C=O) groups excluding carboxylic acids is 1. The molecule has 1 aromatic carbocycles. The Hall–Kier alpha value is -4.21. The number of aromatic nitrogens is 3. The molecule has 3 rings (SSSR count). The second-order valence-corrected chi connectivity index (χ2v) is 5.25. The lowest BCUT2D eigenvalue weighted by Crippen LogP contribution is -2.18. The number of nitrogens with zero attached hydrogens (tertiary/aromatic N) is 4. The molecule has 10 nitrogen and oxygen atoms in total. The number of aromatic hydroxyl groups is 4. The van der Waals surface area contributed by atoms with Crippen LogP contribution in [-0.2, 0) is 0 Å². The van der Waals surface area contributed by atoms with E-state index in [-0.39, 0.29) is 17.0 Å². The maximum absolute atomic E-state index is 12.1. The Morgan fingerprint density at radius 2 is 1.81 bits per heavy atom. The van der Waals surface area contributed by atoms with Gasteiger partial charge in [-0.25, -0.2) is 10.4 Å². The number of nitrogens with one attached hydrogen (secondary N) is 1. The fourth-order valence-corrected chi connectivity index (χ4v) is 2.08. The molecule has 27 heavy (non-hydrogen) atoms. The number of hydrogen-bond acceptors (Lipinski definition) is 9. The fourth-order valence-electron chi connectivity index (χ4n) is 2.08. The monoisotopic (exact) mass is 367 g/mol. The summed E-state index contributed by atoms with van der Waals surface area (Å²) < 4.78 is 0. The van der Waals surface area contributed by atoms with Crippen molar-refractivity contribution < 1.29 is 25.2 Å². The van der Waals surface area contributed by atoms with Crippen LogP contribution < -0.4 is 5.43 Å². The number of carbonyl (C=O) groups is 1. The highest BCUT2D eigenvalue weighted by Crippen LogP contribution is 2.34. The van der Waals surface area contributed by atoms with Crippen LogP contribution in [-0.4, -0.2) is 47.5 Å². The first-order valence-electron chi connectivity index (χ1n) is 7.51. The Morgan fingerprint density at radius 3 is 2.44 bits per heavy atom. The predicted molar refractivity (Wildman–Crippen MR) is 93.4 cm³/mol. The molecule has 2 heterocycles. The van der Waals surface area contributed by atoms with E-state index >= 15 is 0 Å². The van der Waals surface area contributed by atoms with Crippen LogP contribution in [0.1, 0.15) is 15.9 Å². The van der Waals surface area contributed by atoms with Crippen molar-refractivity contribution in [2.24, 2.45) is 5.10 Å². The number of hydrazone groups is 1. The van der Waals surface area contributed by atoms with E-state index in [4.69, 9.17) is 0 Å². The van der Waals surface area contributed by atoms with Crippen molar-refractivity contribution in [3.05, 3.63) is 53.9 Å². The number of benzene rings is 1. The van der Waals surface area contributed by atoms with Gasteiger partial charge < -0.3 is 20.4 Å². The molecule has 0 saturated heterocycles. The maximum Gasteiger partial charge on any atom is 0.278 e. The Bertz CT molecular complexity index is 1000. The fraction of sp³-hybridized carbons (Fsp3) is 0. The van der Waals surface area contributed by atoms with Crippen molar-refractivity contribution in [3.8, 4) is 34.6 Å². The molecule has 0 atom stereocenters. The van der Waals surface area contributed by atoms with Crippen LogP contribution in [0.4, 0.5) is 0 Å². The van der Waals surface area contributed by atoms with Crippen molar-refractivity contribution in [3.63, 3.8) is 0 Å². The number of phenols is 3. The highest BCUT2D eigenvalue weighted by molar-refractivity contribution is 5.96. The molecule has 0 bridgehead atoms. The smallest absolute Gasteiger partial charge is 0.278 e.